The zero-order valence-corrected chi connectivity index (χ0v) is 19.6. The lowest BCUT2D eigenvalue weighted by Crippen LogP contribution is -2.40. The maximum atomic E-state index is 12.9. The summed E-state index contributed by atoms with van der Waals surface area (Å²) in [5.41, 5.74) is 4.03. The smallest absolute Gasteiger partial charge is 0.229 e. The van der Waals surface area contributed by atoms with Crippen LogP contribution in [0.2, 0.25) is 0 Å². The summed E-state index contributed by atoms with van der Waals surface area (Å²) >= 11 is 1.56. The van der Waals surface area contributed by atoms with E-state index < -0.39 is 0 Å². The maximum absolute atomic E-state index is 12.9. The van der Waals surface area contributed by atoms with Gasteiger partial charge in [-0.1, -0.05) is 30.4 Å². The van der Waals surface area contributed by atoms with Gasteiger partial charge in [0.05, 0.1) is 24.9 Å². The maximum Gasteiger partial charge on any atom is 0.229 e. The number of benzene rings is 2. The number of carbonyl (C=O) groups is 1. The minimum absolute atomic E-state index is 0.0596. The Morgan fingerprint density at radius 2 is 1.97 bits per heavy atom. The SMILES string of the molecule is CCc1ccc(NC(=O)[C@H]2CCCN(c3nn4cc(-c5ccc(OC)cc5)nc4s3)C2)cc1. The number of nitrogens with zero attached hydrogens (tertiary/aromatic N) is 4. The zero-order valence-electron chi connectivity index (χ0n) is 18.8. The molecule has 1 aliphatic heterocycles. The predicted octanol–water partition coefficient (Wildman–Crippen LogP) is 4.88. The molecule has 8 heteroatoms. The number of ether oxygens (including phenoxy) is 1. The molecule has 0 spiro atoms. The van der Waals surface area contributed by atoms with Crippen molar-refractivity contribution >= 4 is 33.0 Å². The van der Waals surface area contributed by atoms with Gasteiger partial charge < -0.3 is 15.0 Å². The van der Waals surface area contributed by atoms with Crippen molar-refractivity contribution in [3.05, 3.63) is 60.3 Å². The third kappa shape index (κ3) is 4.57. The molecular formula is C25H27N5O2S. The van der Waals surface area contributed by atoms with Crippen LogP contribution in [-0.4, -0.2) is 40.7 Å². The van der Waals surface area contributed by atoms with Crippen molar-refractivity contribution in [1.29, 1.82) is 0 Å². The van der Waals surface area contributed by atoms with E-state index in [0.29, 0.717) is 6.54 Å². The summed E-state index contributed by atoms with van der Waals surface area (Å²) in [6.07, 6.45) is 4.79. The Kier molecular flexibility index (Phi) is 6.00. The van der Waals surface area contributed by atoms with Gasteiger partial charge in [-0.25, -0.2) is 9.50 Å². The Labute approximate surface area is 197 Å². The molecule has 0 saturated carbocycles. The average Bonchev–Trinajstić information content (AvgIpc) is 3.44. The highest BCUT2D eigenvalue weighted by Crippen LogP contribution is 2.30. The van der Waals surface area contributed by atoms with Crippen molar-refractivity contribution in [3.63, 3.8) is 0 Å². The van der Waals surface area contributed by atoms with E-state index in [0.717, 1.165) is 58.6 Å². The molecule has 7 nitrogen and oxygen atoms in total. The number of imidazole rings is 1. The van der Waals surface area contributed by atoms with Gasteiger partial charge in [0, 0.05) is 24.3 Å². The molecule has 1 saturated heterocycles. The third-order valence-corrected chi connectivity index (χ3v) is 7.09. The zero-order chi connectivity index (χ0) is 22.8. The van der Waals surface area contributed by atoms with Gasteiger partial charge >= 0.3 is 0 Å². The van der Waals surface area contributed by atoms with Crippen LogP contribution < -0.4 is 15.0 Å². The van der Waals surface area contributed by atoms with E-state index in [1.165, 1.54) is 5.56 Å². The summed E-state index contributed by atoms with van der Waals surface area (Å²) in [6, 6.07) is 15.9. The second-order valence-corrected chi connectivity index (χ2v) is 9.23. The third-order valence-electron chi connectivity index (χ3n) is 6.11. The number of carbonyl (C=O) groups excluding carboxylic acids is 1. The number of rotatable bonds is 6. The molecule has 1 aliphatic rings. The van der Waals surface area contributed by atoms with Crippen molar-refractivity contribution in [2.45, 2.75) is 26.2 Å². The normalized spacial score (nSPS) is 16.2. The average molecular weight is 462 g/mol. The van der Waals surface area contributed by atoms with Crippen molar-refractivity contribution in [2.24, 2.45) is 5.92 Å². The molecular weight excluding hydrogens is 434 g/mol. The van der Waals surface area contributed by atoms with Crippen molar-refractivity contribution < 1.29 is 9.53 Å². The molecule has 2 aromatic carbocycles. The summed E-state index contributed by atoms with van der Waals surface area (Å²) in [4.78, 5) is 20.7. The first kappa shape index (κ1) is 21.5. The summed E-state index contributed by atoms with van der Waals surface area (Å²) < 4.78 is 7.06. The molecule has 0 unspecified atom stereocenters. The summed E-state index contributed by atoms with van der Waals surface area (Å²) in [5.74, 6) is 0.838. The lowest BCUT2D eigenvalue weighted by molar-refractivity contribution is -0.120. The molecule has 3 heterocycles. The van der Waals surface area contributed by atoms with Gasteiger partial charge in [-0.2, -0.15) is 0 Å². The molecule has 1 amide bonds. The first-order valence-corrected chi connectivity index (χ1v) is 12.1. The Morgan fingerprint density at radius 1 is 1.18 bits per heavy atom. The number of aromatic nitrogens is 3. The summed E-state index contributed by atoms with van der Waals surface area (Å²) in [5, 5.41) is 8.74. The highest BCUT2D eigenvalue weighted by molar-refractivity contribution is 7.20. The Morgan fingerprint density at radius 3 is 2.67 bits per heavy atom. The Bertz CT molecular complexity index is 1210. The van der Waals surface area contributed by atoms with E-state index >= 15 is 0 Å². The summed E-state index contributed by atoms with van der Waals surface area (Å²) in [7, 11) is 1.66. The molecule has 2 aromatic heterocycles. The van der Waals surface area contributed by atoms with Crippen molar-refractivity contribution in [2.75, 3.05) is 30.4 Å². The second kappa shape index (κ2) is 9.23. The van der Waals surface area contributed by atoms with Crippen LogP contribution in [0.5, 0.6) is 5.75 Å². The van der Waals surface area contributed by atoms with Gasteiger partial charge in [0.15, 0.2) is 0 Å². The standard InChI is InChI=1S/C25H27N5O2S/c1-3-17-6-10-20(11-7-17)26-23(31)19-5-4-14-29(15-19)25-28-30-16-22(27-24(30)33-25)18-8-12-21(32-2)13-9-18/h6-13,16,19H,3-5,14-15H2,1-2H3,(H,26,31)/t19-/m0/s1. The number of hydrogen-bond acceptors (Lipinski definition) is 6. The van der Waals surface area contributed by atoms with Gasteiger partial charge in [0.25, 0.3) is 0 Å². The summed E-state index contributed by atoms with van der Waals surface area (Å²) in [6.45, 7) is 3.69. The van der Waals surface area contributed by atoms with Crippen molar-refractivity contribution in [3.8, 4) is 17.0 Å². The highest BCUT2D eigenvalue weighted by Gasteiger charge is 2.28. The first-order chi connectivity index (χ1) is 16.1. The topological polar surface area (TPSA) is 71.8 Å². The number of amides is 1. The number of methoxy groups -OCH3 is 1. The fourth-order valence-electron chi connectivity index (χ4n) is 4.15. The minimum Gasteiger partial charge on any atom is -0.497 e. The van der Waals surface area contributed by atoms with Crippen LogP contribution in [0.4, 0.5) is 10.8 Å². The fourth-order valence-corrected chi connectivity index (χ4v) is 5.07. The first-order valence-electron chi connectivity index (χ1n) is 11.3. The lowest BCUT2D eigenvalue weighted by atomic mass is 9.97. The minimum atomic E-state index is -0.0596. The number of aryl methyl sites for hydroxylation is 1. The van der Waals surface area contributed by atoms with Crippen LogP contribution in [0.25, 0.3) is 16.2 Å². The second-order valence-electron chi connectivity index (χ2n) is 8.29. The molecule has 170 valence electrons. The number of hydrogen-bond donors (Lipinski definition) is 1. The Hall–Kier alpha value is -3.39. The molecule has 0 aliphatic carbocycles. The number of fused-ring (bicyclic) bond motifs is 1. The quantitative estimate of drug-likeness (QED) is 0.443. The monoisotopic (exact) mass is 461 g/mol. The van der Waals surface area contributed by atoms with Crippen LogP contribution >= 0.6 is 11.3 Å². The largest absolute Gasteiger partial charge is 0.497 e. The fraction of sp³-hybridized carbons (Fsp3) is 0.320. The van der Waals surface area contributed by atoms with E-state index in [1.54, 1.807) is 18.4 Å². The van der Waals surface area contributed by atoms with Crippen LogP contribution in [-0.2, 0) is 11.2 Å². The number of piperidine rings is 1. The molecule has 1 N–H and O–H groups in total. The molecule has 0 bridgehead atoms. The van der Waals surface area contributed by atoms with Gasteiger partial charge in [-0.15, -0.1) is 5.10 Å². The van der Waals surface area contributed by atoms with Crippen LogP contribution in [0.15, 0.2) is 54.7 Å². The van der Waals surface area contributed by atoms with Gasteiger partial charge in [0.1, 0.15) is 5.75 Å². The van der Waals surface area contributed by atoms with E-state index in [1.807, 2.05) is 47.1 Å². The van der Waals surface area contributed by atoms with Crippen LogP contribution in [0.1, 0.15) is 25.3 Å². The molecule has 0 radical (unpaired) electrons. The molecule has 1 atom stereocenters. The molecule has 1 fully saturated rings. The van der Waals surface area contributed by atoms with E-state index in [2.05, 4.69) is 29.3 Å². The Balaban J connectivity index is 1.26. The predicted molar refractivity (Wildman–Crippen MR) is 132 cm³/mol. The van der Waals surface area contributed by atoms with Gasteiger partial charge in [-0.05, 0) is 61.2 Å². The van der Waals surface area contributed by atoms with Crippen molar-refractivity contribution in [1.82, 2.24) is 14.6 Å². The lowest BCUT2D eigenvalue weighted by Gasteiger charge is -2.31. The van der Waals surface area contributed by atoms with Crippen LogP contribution in [0, 0.1) is 5.92 Å². The molecule has 5 rings (SSSR count). The van der Waals surface area contributed by atoms with Gasteiger partial charge in [-0.3, -0.25) is 4.79 Å². The van der Waals surface area contributed by atoms with Gasteiger partial charge in [0.2, 0.25) is 16.0 Å². The van der Waals surface area contributed by atoms with E-state index in [9.17, 15) is 4.79 Å². The molecule has 4 aromatic rings. The highest BCUT2D eigenvalue weighted by atomic mass is 32.1. The van der Waals surface area contributed by atoms with E-state index in [4.69, 9.17) is 14.8 Å². The van der Waals surface area contributed by atoms with E-state index in [-0.39, 0.29) is 11.8 Å². The molecule has 33 heavy (non-hydrogen) atoms. The van der Waals surface area contributed by atoms with Crippen LogP contribution in [0.3, 0.4) is 0 Å². The number of nitrogens with one attached hydrogen (secondary N) is 1. The number of anilines is 2.